The van der Waals surface area contributed by atoms with Crippen LogP contribution in [0.3, 0.4) is 0 Å². The summed E-state index contributed by atoms with van der Waals surface area (Å²) in [6.45, 7) is 2.59. The summed E-state index contributed by atoms with van der Waals surface area (Å²) in [4.78, 5) is 11.3. The molecule has 0 unspecified atom stereocenters. The van der Waals surface area contributed by atoms with Gasteiger partial charge in [-0.15, -0.1) is 0 Å². The fraction of sp³-hybridized carbons (Fsp3) is 0.375. The number of aryl methyl sites for hydroxylation is 1. The number of ether oxygens (including phenoxy) is 1. The zero-order valence-corrected chi connectivity index (χ0v) is 6.70. The molecule has 0 N–H and O–H groups in total. The molecule has 0 bridgehead atoms. The van der Waals surface area contributed by atoms with E-state index in [1.165, 1.54) is 7.11 Å². The number of rotatable bonds is 2. The summed E-state index contributed by atoms with van der Waals surface area (Å²) < 4.78 is 6.45. The van der Waals surface area contributed by atoms with Crippen LogP contribution in [-0.2, 0) is 6.54 Å². The highest BCUT2D eigenvalue weighted by atomic mass is 16.5. The van der Waals surface area contributed by atoms with Crippen LogP contribution in [0.5, 0.6) is 5.75 Å². The summed E-state index contributed by atoms with van der Waals surface area (Å²) in [6.07, 6.45) is 1.74. The molecule has 1 rings (SSSR count). The average molecular weight is 153 g/mol. The molecule has 0 atom stereocenters. The molecule has 1 aromatic heterocycles. The number of nitrogens with zero attached hydrogens (tertiary/aromatic N) is 1. The van der Waals surface area contributed by atoms with E-state index in [1.807, 2.05) is 6.92 Å². The monoisotopic (exact) mass is 153 g/mol. The van der Waals surface area contributed by atoms with E-state index in [1.54, 1.807) is 22.9 Å². The van der Waals surface area contributed by atoms with Crippen LogP contribution in [0, 0.1) is 0 Å². The van der Waals surface area contributed by atoms with Gasteiger partial charge in [-0.05, 0) is 19.1 Å². The fourth-order valence-electron chi connectivity index (χ4n) is 0.919. The average Bonchev–Trinajstić information content (AvgIpc) is 2.05. The molecular formula is C8H11NO2. The Morgan fingerprint density at radius 2 is 2.36 bits per heavy atom. The van der Waals surface area contributed by atoms with Crippen molar-refractivity contribution in [3.8, 4) is 5.75 Å². The Hall–Kier alpha value is -1.25. The molecular weight excluding hydrogens is 142 g/mol. The Labute approximate surface area is 65.2 Å². The molecule has 1 aromatic rings. The number of pyridine rings is 1. The zero-order valence-electron chi connectivity index (χ0n) is 6.70. The number of aromatic nitrogens is 1. The fourth-order valence-corrected chi connectivity index (χ4v) is 0.919. The van der Waals surface area contributed by atoms with Gasteiger partial charge in [0.05, 0.1) is 7.11 Å². The van der Waals surface area contributed by atoms with Crippen LogP contribution in [0.4, 0.5) is 0 Å². The molecule has 11 heavy (non-hydrogen) atoms. The van der Waals surface area contributed by atoms with Crippen LogP contribution in [0.25, 0.3) is 0 Å². The van der Waals surface area contributed by atoms with Crippen LogP contribution >= 0.6 is 0 Å². The normalized spacial score (nSPS) is 9.64. The van der Waals surface area contributed by atoms with Gasteiger partial charge in [0.15, 0.2) is 5.75 Å². The van der Waals surface area contributed by atoms with Gasteiger partial charge in [-0.25, -0.2) is 0 Å². The molecule has 0 aliphatic heterocycles. The van der Waals surface area contributed by atoms with E-state index in [9.17, 15) is 4.79 Å². The van der Waals surface area contributed by atoms with Gasteiger partial charge >= 0.3 is 0 Å². The first-order valence-electron chi connectivity index (χ1n) is 3.53. The minimum absolute atomic E-state index is 0.0718. The summed E-state index contributed by atoms with van der Waals surface area (Å²) in [5.74, 6) is 0.398. The molecule has 0 aromatic carbocycles. The van der Waals surface area contributed by atoms with Crippen molar-refractivity contribution in [1.82, 2.24) is 4.57 Å². The second-order valence-corrected chi connectivity index (χ2v) is 2.17. The molecule has 0 saturated carbocycles. The van der Waals surface area contributed by atoms with E-state index in [2.05, 4.69) is 0 Å². The summed E-state index contributed by atoms with van der Waals surface area (Å²) >= 11 is 0. The van der Waals surface area contributed by atoms with Crippen molar-refractivity contribution in [3.63, 3.8) is 0 Å². The topological polar surface area (TPSA) is 31.2 Å². The second kappa shape index (κ2) is 3.23. The molecule has 3 nitrogen and oxygen atoms in total. The minimum Gasteiger partial charge on any atom is -0.491 e. The van der Waals surface area contributed by atoms with E-state index in [4.69, 9.17) is 4.74 Å². The first-order chi connectivity index (χ1) is 5.29. The van der Waals surface area contributed by atoms with Crippen molar-refractivity contribution in [1.29, 1.82) is 0 Å². The first kappa shape index (κ1) is 7.85. The van der Waals surface area contributed by atoms with E-state index < -0.39 is 0 Å². The molecule has 0 saturated heterocycles. The third kappa shape index (κ3) is 1.42. The summed E-state index contributed by atoms with van der Waals surface area (Å²) in [6, 6.07) is 3.46. The van der Waals surface area contributed by atoms with Gasteiger partial charge in [0.25, 0.3) is 5.56 Å². The van der Waals surface area contributed by atoms with Crippen LogP contribution in [0.1, 0.15) is 6.92 Å². The van der Waals surface area contributed by atoms with E-state index in [-0.39, 0.29) is 5.56 Å². The van der Waals surface area contributed by atoms with Gasteiger partial charge in [-0.3, -0.25) is 4.79 Å². The molecule has 0 fully saturated rings. The maximum Gasteiger partial charge on any atom is 0.292 e. The smallest absolute Gasteiger partial charge is 0.292 e. The SMILES string of the molecule is CCn1cccc(OC)c1=O. The van der Waals surface area contributed by atoms with Crippen molar-refractivity contribution in [2.45, 2.75) is 13.5 Å². The van der Waals surface area contributed by atoms with Gasteiger partial charge in [0, 0.05) is 12.7 Å². The largest absolute Gasteiger partial charge is 0.491 e. The van der Waals surface area contributed by atoms with Gasteiger partial charge in [-0.2, -0.15) is 0 Å². The van der Waals surface area contributed by atoms with Crippen molar-refractivity contribution < 1.29 is 4.74 Å². The molecule has 0 aliphatic carbocycles. The lowest BCUT2D eigenvalue weighted by Crippen LogP contribution is -2.19. The summed E-state index contributed by atoms with van der Waals surface area (Å²) in [5, 5.41) is 0. The molecule has 1 heterocycles. The number of hydrogen-bond donors (Lipinski definition) is 0. The van der Waals surface area contributed by atoms with Crippen molar-refractivity contribution in [2.75, 3.05) is 7.11 Å². The van der Waals surface area contributed by atoms with Crippen molar-refractivity contribution in [2.24, 2.45) is 0 Å². The lowest BCUT2D eigenvalue weighted by Gasteiger charge is -2.02. The third-order valence-corrected chi connectivity index (χ3v) is 1.55. The first-order valence-corrected chi connectivity index (χ1v) is 3.53. The van der Waals surface area contributed by atoms with Gasteiger partial charge in [0.1, 0.15) is 0 Å². The second-order valence-electron chi connectivity index (χ2n) is 2.17. The zero-order chi connectivity index (χ0) is 8.27. The van der Waals surface area contributed by atoms with Gasteiger partial charge < -0.3 is 9.30 Å². The molecule has 0 amide bonds. The minimum atomic E-state index is -0.0718. The quantitative estimate of drug-likeness (QED) is 0.631. The molecule has 3 heteroatoms. The van der Waals surface area contributed by atoms with Crippen LogP contribution < -0.4 is 10.3 Å². The molecule has 0 aliphatic rings. The molecule has 60 valence electrons. The highest BCUT2D eigenvalue weighted by Crippen LogP contribution is 1.99. The maximum absolute atomic E-state index is 11.3. The Morgan fingerprint density at radius 3 is 2.91 bits per heavy atom. The Morgan fingerprint density at radius 1 is 1.64 bits per heavy atom. The predicted octanol–water partition coefficient (Wildman–Crippen LogP) is 0.877. The van der Waals surface area contributed by atoms with Crippen LogP contribution in [0.2, 0.25) is 0 Å². The van der Waals surface area contributed by atoms with Crippen molar-refractivity contribution in [3.05, 3.63) is 28.7 Å². The lowest BCUT2D eigenvalue weighted by molar-refractivity contribution is 0.403. The van der Waals surface area contributed by atoms with Gasteiger partial charge in [0.2, 0.25) is 0 Å². The number of hydrogen-bond acceptors (Lipinski definition) is 2. The maximum atomic E-state index is 11.3. The standard InChI is InChI=1S/C8H11NO2/c1-3-9-6-4-5-7(11-2)8(9)10/h4-6H,3H2,1-2H3. The van der Waals surface area contributed by atoms with Crippen LogP contribution in [-0.4, -0.2) is 11.7 Å². The van der Waals surface area contributed by atoms with Gasteiger partial charge in [-0.1, -0.05) is 0 Å². The Kier molecular flexibility index (Phi) is 2.31. The Bertz CT molecular complexity index is 265. The number of methoxy groups -OCH3 is 1. The highest BCUT2D eigenvalue weighted by Gasteiger charge is 1.98. The van der Waals surface area contributed by atoms with E-state index in [0.29, 0.717) is 12.3 Å². The predicted molar refractivity (Wildman–Crippen MR) is 42.9 cm³/mol. The highest BCUT2D eigenvalue weighted by molar-refractivity contribution is 5.16. The third-order valence-electron chi connectivity index (χ3n) is 1.55. The molecule has 0 spiro atoms. The van der Waals surface area contributed by atoms with Crippen molar-refractivity contribution >= 4 is 0 Å². The van der Waals surface area contributed by atoms with E-state index >= 15 is 0 Å². The van der Waals surface area contributed by atoms with Crippen LogP contribution in [0.15, 0.2) is 23.1 Å². The Balaban J connectivity index is 3.21. The summed E-state index contributed by atoms with van der Waals surface area (Å²) in [7, 11) is 1.50. The molecule has 0 radical (unpaired) electrons. The van der Waals surface area contributed by atoms with E-state index in [0.717, 1.165) is 0 Å². The summed E-state index contributed by atoms with van der Waals surface area (Å²) in [5.41, 5.74) is -0.0718. The lowest BCUT2D eigenvalue weighted by atomic mass is 10.4.